The molecule has 0 atom stereocenters. The molecule has 0 aliphatic carbocycles. The van der Waals surface area contributed by atoms with Crippen molar-refractivity contribution in [1.82, 2.24) is 16.2 Å². The fourth-order valence-corrected chi connectivity index (χ4v) is 3.17. The van der Waals surface area contributed by atoms with Crippen molar-refractivity contribution in [3.8, 4) is 5.75 Å². The van der Waals surface area contributed by atoms with Crippen LogP contribution in [0.1, 0.15) is 52.6 Å². The number of nitrogens with one attached hydrogen (secondary N) is 3. The van der Waals surface area contributed by atoms with E-state index in [0.29, 0.717) is 23.5 Å². The Morgan fingerprint density at radius 1 is 0.818 bits per heavy atom. The van der Waals surface area contributed by atoms with Crippen LogP contribution in [-0.4, -0.2) is 16.9 Å². The molecule has 170 valence electrons. The molecular weight excluding hydrogens is 434 g/mol. The third-order valence-electron chi connectivity index (χ3n) is 4.90. The summed E-state index contributed by atoms with van der Waals surface area (Å²) in [6.07, 6.45) is 0. The van der Waals surface area contributed by atoms with Gasteiger partial charge in [-0.25, -0.2) is 0 Å². The second-order valence-electron chi connectivity index (χ2n) is 8.46. The second kappa shape index (κ2) is 10.7. The van der Waals surface area contributed by atoms with E-state index in [1.54, 1.807) is 36.4 Å². The summed E-state index contributed by atoms with van der Waals surface area (Å²) >= 11 is 5.14. The summed E-state index contributed by atoms with van der Waals surface area (Å²) in [5.41, 5.74) is 7.99. The highest BCUT2D eigenvalue weighted by atomic mass is 32.1. The van der Waals surface area contributed by atoms with Crippen LogP contribution >= 0.6 is 12.2 Å². The first-order valence-electron chi connectivity index (χ1n) is 10.5. The van der Waals surface area contributed by atoms with E-state index in [-0.39, 0.29) is 16.4 Å². The highest BCUT2D eigenvalue weighted by Crippen LogP contribution is 2.22. The first kappa shape index (κ1) is 23.9. The van der Waals surface area contributed by atoms with Gasteiger partial charge in [0, 0.05) is 5.56 Å². The van der Waals surface area contributed by atoms with E-state index in [9.17, 15) is 9.59 Å². The van der Waals surface area contributed by atoms with Crippen LogP contribution in [0.25, 0.3) is 0 Å². The maximum absolute atomic E-state index is 12.6. The number of hydrazine groups is 1. The van der Waals surface area contributed by atoms with E-state index in [4.69, 9.17) is 17.0 Å². The third kappa shape index (κ3) is 6.89. The first-order chi connectivity index (χ1) is 15.7. The van der Waals surface area contributed by atoms with Gasteiger partial charge in [-0.2, -0.15) is 0 Å². The molecule has 0 fully saturated rings. The average Bonchev–Trinajstić information content (AvgIpc) is 2.81. The van der Waals surface area contributed by atoms with Gasteiger partial charge >= 0.3 is 0 Å². The Hall–Kier alpha value is -3.71. The van der Waals surface area contributed by atoms with Gasteiger partial charge in [-0.1, -0.05) is 75.4 Å². The van der Waals surface area contributed by atoms with E-state index < -0.39 is 5.91 Å². The normalized spacial score (nSPS) is 10.8. The summed E-state index contributed by atoms with van der Waals surface area (Å²) in [6.45, 7) is 6.65. The molecule has 0 heterocycles. The smallest absolute Gasteiger partial charge is 0.273 e. The number of benzene rings is 3. The molecule has 0 bridgehead atoms. The van der Waals surface area contributed by atoms with Crippen LogP contribution in [0.15, 0.2) is 78.9 Å². The highest BCUT2D eigenvalue weighted by molar-refractivity contribution is 7.80. The lowest BCUT2D eigenvalue weighted by Gasteiger charge is -2.19. The third-order valence-corrected chi connectivity index (χ3v) is 5.10. The summed E-state index contributed by atoms with van der Waals surface area (Å²) in [6, 6.07) is 23.9. The van der Waals surface area contributed by atoms with Crippen molar-refractivity contribution >= 4 is 29.1 Å². The number of amides is 2. The van der Waals surface area contributed by atoms with Gasteiger partial charge in [-0.15, -0.1) is 0 Å². The molecule has 0 unspecified atom stereocenters. The van der Waals surface area contributed by atoms with Crippen LogP contribution in [0, 0.1) is 0 Å². The van der Waals surface area contributed by atoms with Crippen LogP contribution in [0.3, 0.4) is 0 Å². The number of hydrogen-bond donors (Lipinski definition) is 3. The summed E-state index contributed by atoms with van der Waals surface area (Å²) in [5.74, 6) is -0.367. The van der Waals surface area contributed by atoms with E-state index in [0.717, 1.165) is 11.1 Å². The summed E-state index contributed by atoms with van der Waals surface area (Å²) in [5, 5.41) is 2.54. The minimum Gasteiger partial charge on any atom is -0.488 e. The van der Waals surface area contributed by atoms with E-state index in [1.165, 1.54) is 0 Å². The van der Waals surface area contributed by atoms with Crippen LogP contribution in [0.4, 0.5) is 0 Å². The number of hydrogen-bond acceptors (Lipinski definition) is 4. The Labute approximate surface area is 199 Å². The largest absolute Gasteiger partial charge is 0.488 e. The molecule has 0 radical (unpaired) electrons. The topological polar surface area (TPSA) is 79.5 Å². The Morgan fingerprint density at radius 2 is 1.45 bits per heavy atom. The molecule has 2 amide bonds. The van der Waals surface area contributed by atoms with Crippen molar-refractivity contribution in [1.29, 1.82) is 0 Å². The number of carbonyl (C=O) groups excluding carboxylic acids is 2. The Bertz CT molecular complexity index is 1120. The summed E-state index contributed by atoms with van der Waals surface area (Å²) in [4.78, 5) is 25.1. The highest BCUT2D eigenvalue weighted by Gasteiger charge is 2.16. The number of thiocarbonyl (C=S) groups is 1. The SMILES string of the molecule is CC(C)(C)c1ccc(C(=O)NC(=S)NNC(=O)c2ccccc2OCc2ccccc2)cc1. The van der Waals surface area contributed by atoms with Crippen molar-refractivity contribution in [3.63, 3.8) is 0 Å². The van der Waals surface area contributed by atoms with Gasteiger partial charge in [0.25, 0.3) is 11.8 Å². The summed E-state index contributed by atoms with van der Waals surface area (Å²) in [7, 11) is 0. The summed E-state index contributed by atoms with van der Waals surface area (Å²) < 4.78 is 5.82. The first-order valence-corrected chi connectivity index (χ1v) is 10.9. The number of rotatable bonds is 5. The monoisotopic (exact) mass is 461 g/mol. The van der Waals surface area contributed by atoms with Gasteiger partial charge in [0.15, 0.2) is 5.11 Å². The van der Waals surface area contributed by atoms with E-state index in [2.05, 4.69) is 36.9 Å². The molecule has 3 aromatic rings. The van der Waals surface area contributed by atoms with Gasteiger partial charge in [-0.3, -0.25) is 25.8 Å². The molecule has 3 N–H and O–H groups in total. The number of ether oxygens (including phenoxy) is 1. The fraction of sp³-hybridized carbons (Fsp3) is 0.192. The molecule has 0 saturated heterocycles. The van der Waals surface area contributed by atoms with Gasteiger partial charge in [0.2, 0.25) is 0 Å². The van der Waals surface area contributed by atoms with Crippen molar-refractivity contribution in [2.75, 3.05) is 0 Å². The Kier molecular flexibility index (Phi) is 7.79. The van der Waals surface area contributed by atoms with Crippen molar-refractivity contribution in [3.05, 3.63) is 101 Å². The Balaban J connectivity index is 1.54. The Morgan fingerprint density at radius 3 is 2.12 bits per heavy atom. The number of carbonyl (C=O) groups is 2. The minimum absolute atomic E-state index is 0.00273. The lowest BCUT2D eigenvalue weighted by Crippen LogP contribution is -2.48. The molecular formula is C26H27N3O3S. The predicted octanol–water partition coefficient (Wildman–Crippen LogP) is 4.51. The lowest BCUT2D eigenvalue weighted by atomic mass is 9.87. The number of para-hydroxylation sites is 1. The predicted molar refractivity (Wildman–Crippen MR) is 133 cm³/mol. The maximum Gasteiger partial charge on any atom is 0.273 e. The van der Waals surface area contributed by atoms with Crippen LogP contribution < -0.4 is 20.9 Å². The van der Waals surface area contributed by atoms with Crippen molar-refractivity contribution in [2.24, 2.45) is 0 Å². The molecule has 3 aromatic carbocycles. The van der Waals surface area contributed by atoms with E-state index >= 15 is 0 Å². The molecule has 0 spiro atoms. The van der Waals surface area contributed by atoms with Crippen LogP contribution in [0.5, 0.6) is 5.75 Å². The standard InChI is InChI=1S/C26H27N3O3S/c1-26(2,3)20-15-13-19(14-16-20)23(30)27-25(33)29-28-24(31)21-11-7-8-12-22(21)32-17-18-9-5-4-6-10-18/h4-16H,17H2,1-3H3,(H,28,31)(H2,27,29,30,33). The van der Waals surface area contributed by atoms with Crippen LogP contribution in [-0.2, 0) is 12.0 Å². The van der Waals surface area contributed by atoms with Crippen molar-refractivity contribution < 1.29 is 14.3 Å². The molecule has 6 nitrogen and oxygen atoms in total. The second-order valence-corrected chi connectivity index (χ2v) is 8.87. The quantitative estimate of drug-likeness (QED) is 0.385. The van der Waals surface area contributed by atoms with Gasteiger partial charge in [0.1, 0.15) is 12.4 Å². The zero-order valence-electron chi connectivity index (χ0n) is 18.8. The average molecular weight is 462 g/mol. The molecule has 0 saturated carbocycles. The van der Waals surface area contributed by atoms with Gasteiger partial charge in [-0.05, 0) is 53.0 Å². The molecule has 0 aliphatic rings. The van der Waals surface area contributed by atoms with Gasteiger partial charge < -0.3 is 4.74 Å². The molecule has 3 rings (SSSR count). The van der Waals surface area contributed by atoms with E-state index in [1.807, 2.05) is 42.5 Å². The molecule has 0 aromatic heterocycles. The lowest BCUT2D eigenvalue weighted by molar-refractivity contribution is 0.0930. The van der Waals surface area contributed by atoms with Crippen molar-refractivity contribution in [2.45, 2.75) is 32.8 Å². The fourth-order valence-electron chi connectivity index (χ4n) is 3.02. The zero-order valence-corrected chi connectivity index (χ0v) is 19.7. The maximum atomic E-state index is 12.6. The zero-order chi connectivity index (χ0) is 23.8. The molecule has 33 heavy (non-hydrogen) atoms. The minimum atomic E-state index is -0.440. The van der Waals surface area contributed by atoms with Crippen LogP contribution in [0.2, 0.25) is 0 Å². The van der Waals surface area contributed by atoms with Gasteiger partial charge in [0.05, 0.1) is 5.56 Å². The molecule has 0 aliphatic heterocycles. The molecule has 7 heteroatoms.